The van der Waals surface area contributed by atoms with Gasteiger partial charge in [0.25, 0.3) is 11.6 Å². The number of aliphatic hydroxyl groups excluding tert-OH is 1. The van der Waals surface area contributed by atoms with Gasteiger partial charge < -0.3 is 14.7 Å². The molecule has 114 valence electrons. The first-order valence-electron chi connectivity index (χ1n) is 6.42. The molecule has 0 spiro atoms. The van der Waals surface area contributed by atoms with Crippen molar-refractivity contribution in [1.29, 1.82) is 0 Å². The lowest BCUT2D eigenvalue weighted by Gasteiger charge is -2.36. The number of ether oxygens (including phenoxy) is 1. The van der Waals surface area contributed by atoms with Gasteiger partial charge in [0.2, 0.25) is 0 Å². The fourth-order valence-corrected chi connectivity index (χ4v) is 2.47. The van der Waals surface area contributed by atoms with Crippen molar-refractivity contribution in [2.75, 3.05) is 19.7 Å². The van der Waals surface area contributed by atoms with Gasteiger partial charge in [-0.2, -0.15) is 0 Å². The molecule has 1 aliphatic rings. The lowest BCUT2D eigenvalue weighted by molar-refractivity contribution is -0.384. The Kier molecular flexibility index (Phi) is 4.76. The average Bonchev–Trinajstić information content (AvgIpc) is 2.46. The van der Waals surface area contributed by atoms with Gasteiger partial charge in [0.1, 0.15) is 5.02 Å². The van der Waals surface area contributed by atoms with Crippen LogP contribution in [0.4, 0.5) is 5.69 Å². The molecule has 1 fully saturated rings. The van der Waals surface area contributed by atoms with Crippen molar-refractivity contribution < 1.29 is 19.6 Å². The number of carbonyl (C=O) groups is 1. The smallest absolute Gasteiger partial charge is 0.288 e. The number of halogens is 1. The summed E-state index contributed by atoms with van der Waals surface area (Å²) in [6.45, 7) is 2.23. The van der Waals surface area contributed by atoms with Gasteiger partial charge in [-0.25, -0.2) is 0 Å². The Hall–Kier alpha value is -1.70. The Bertz CT molecular complexity index is 565. The second kappa shape index (κ2) is 6.38. The van der Waals surface area contributed by atoms with Crippen molar-refractivity contribution in [3.05, 3.63) is 38.9 Å². The minimum atomic E-state index is -0.627. The molecule has 1 amide bonds. The molecule has 1 heterocycles. The highest BCUT2D eigenvalue weighted by Crippen LogP contribution is 2.26. The van der Waals surface area contributed by atoms with Crippen molar-refractivity contribution >= 4 is 23.2 Å². The standard InChI is InChI=1S/C13H15ClN2O5/c1-8-5-15(6-10(7-17)21-8)13(18)9-2-3-11(14)12(4-9)16(19)20/h2-4,8,10,17H,5-7H2,1H3. The first-order valence-corrected chi connectivity index (χ1v) is 6.79. The number of hydrogen-bond donors (Lipinski definition) is 1. The number of benzene rings is 1. The van der Waals surface area contributed by atoms with Gasteiger partial charge in [0, 0.05) is 24.7 Å². The maximum atomic E-state index is 12.4. The first-order chi connectivity index (χ1) is 9.92. The lowest BCUT2D eigenvalue weighted by Crippen LogP contribution is -2.50. The molecule has 1 aromatic carbocycles. The van der Waals surface area contributed by atoms with Gasteiger partial charge in [-0.05, 0) is 19.1 Å². The van der Waals surface area contributed by atoms with E-state index in [-0.39, 0.29) is 41.4 Å². The fourth-order valence-electron chi connectivity index (χ4n) is 2.28. The molecule has 1 aliphatic heterocycles. The number of nitro benzene ring substituents is 1. The SMILES string of the molecule is CC1CN(C(=O)c2ccc(Cl)c([N+](=O)[O-])c2)CC(CO)O1. The van der Waals surface area contributed by atoms with Gasteiger partial charge in [0.05, 0.1) is 23.7 Å². The summed E-state index contributed by atoms with van der Waals surface area (Å²) in [5.41, 5.74) is -0.112. The van der Waals surface area contributed by atoms with Crippen molar-refractivity contribution in [2.24, 2.45) is 0 Å². The largest absolute Gasteiger partial charge is 0.394 e. The zero-order chi connectivity index (χ0) is 15.6. The molecule has 1 saturated heterocycles. The predicted molar refractivity (Wildman–Crippen MR) is 75.4 cm³/mol. The monoisotopic (exact) mass is 314 g/mol. The topological polar surface area (TPSA) is 92.9 Å². The molecule has 21 heavy (non-hydrogen) atoms. The Balaban J connectivity index is 2.23. The van der Waals surface area contributed by atoms with Crippen LogP contribution in [0.15, 0.2) is 18.2 Å². The second-order valence-electron chi connectivity index (χ2n) is 4.88. The molecule has 0 saturated carbocycles. The number of nitrogens with zero attached hydrogens (tertiary/aromatic N) is 2. The summed E-state index contributed by atoms with van der Waals surface area (Å²) in [5, 5.41) is 20.0. The number of morpholine rings is 1. The summed E-state index contributed by atoms with van der Waals surface area (Å²) in [7, 11) is 0. The van der Waals surface area contributed by atoms with Crippen molar-refractivity contribution in [3.8, 4) is 0 Å². The third kappa shape index (κ3) is 3.49. The molecular weight excluding hydrogens is 300 g/mol. The van der Waals surface area contributed by atoms with Crippen molar-refractivity contribution in [3.63, 3.8) is 0 Å². The number of aliphatic hydroxyl groups is 1. The van der Waals surface area contributed by atoms with Crippen LogP contribution in [-0.4, -0.2) is 52.7 Å². The molecule has 2 atom stereocenters. The van der Waals surface area contributed by atoms with E-state index >= 15 is 0 Å². The maximum Gasteiger partial charge on any atom is 0.288 e. The molecule has 0 bridgehead atoms. The van der Waals surface area contributed by atoms with Crippen LogP contribution in [0.1, 0.15) is 17.3 Å². The summed E-state index contributed by atoms with van der Waals surface area (Å²) >= 11 is 5.73. The van der Waals surface area contributed by atoms with Crippen LogP contribution in [0, 0.1) is 10.1 Å². The van der Waals surface area contributed by atoms with Crippen molar-refractivity contribution in [2.45, 2.75) is 19.1 Å². The van der Waals surface area contributed by atoms with E-state index in [9.17, 15) is 14.9 Å². The fraction of sp³-hybridized carbons (Fsp3) is 0.462. The maximum absolute atomic E-state index is 12.4. The zero-order valence-corrected chi connectivity index (χ0v) is 12.1. The van der Waals surface area contributed by atoms with Gasteiger partial charge in [0.15, 0.2) is 0 Å². The van der Waals surface area contributed by atoms with E-state index in [0.717, 1.165) is 0 Å². The van der Waals surface area contributed by atoms with Crippen LogP contribution in [0.2, 0.25) is 5.02 Å². The highest BCUT2D eigenvalue weighted by atomic mass is 35.5. The number of rotatable bonds is 3. The number of carbonyl (C=O) groups excluding carboxylic acids is 1. The Labute approximate surface area is 126 Å². The summed E-state index contributed by atoms with van der Waals surface area (Å²) in [6.07, 6.45) is -0.651. The highest BCUT2D eigenvalue weighted by molar-refractivity contribution is 6.32. The summed E-state index contributed by atoms with van der Waals surface area (Å²) in [4.78, 5) is 24.2. The molecule has 0 aromatic heterocycles. The number of nitro groups is 1. The van der Waals surface area contributed by atoms with Crippen LogP contribution in [0.5, 0.6) is 0 Å². The molecule has 1 aromatic rings. The van der Waals surface area contributed by atoms with E-state index in [2.05, 4.69) is 0 Å². The number of amides is 1. The predicted octanol–water partition coefficient (Wildman–Crippen LogP) is 1.47. The molecule has 7 nitrogen and oxygen atoms in total. The quantitative estimate of drug-likeness (QED) is 0.673. The van der Waals surface area contributed by atoms with Crippen LogP contribution >= 0.6 is 11.6 Å². The molecule has 1 N–H and O–H groups in total. The normalized spacial score (nSPS) is 22.1. The van der Waals surface area contributed by atoms with Crippen molar-refractivity contribution in [1.82, 2.24) is 4.90 Å². The van der Waals surface area contributed by atoms with Crippen LogP contribution < -0.4 is 0 Å². The summed E-state index contributed by atoms with van der Waals surface area (Å²) in [6, 6.07) is 3.95. The molecular formula is C13H15ClN2O5. The highest BCUT2D eigenvalue weighted by Gasteiger charge is 2.29. The second-order valence-corrected chi connectivity index (χ2v) is 5.29. The Morgan fingerprint density at radius 2 is 2.29 bits per heavy atom. The third-order valence-electron chi connectivity index (χ3n) is 3.21. The molecule has 2 unspecified atom stereocenters. The van der Waals surface area contributed by atoms with Gasteiger partial charge in [-0.3, -0.25) is 14.9 Å². The van der Waals surface area contributed by atoms with Gasteiger partial charge >= 0.3 is 0 Å². The van der Waals surface area contributed by atoms with E-state index in [1.54, 1.807) is 6.92 Å². The van der Waals surface area contributed by atoms with Gasteiger partial charge in [-0.1, -0.05) is 11.6 Å². The summed E-state index contributed by atoms with van der Waals surface area (Å²) in [5.74, 6) is -0.344. The number of hydrogen-bond acceptors (Lipinski definition) is 5. The van der Waals surface area contributed by atoms with Gasteiger partial charge in [-0.15, -0.1) is 0 Å². The Morgan fingerprint density at radius 3 is 2.90 bits per heavy atom. The minimum Gasteiger partial charge on any atom is -0.394 e. The first kappa shape index (κ1) is 15.7. The van der Waals surface area contributed by atoms with Crippen LogP contribution in [-0.2, 0) is 4.74 Å². The molecule has 8 heteroatoms. The van der Waals surface area contributed by atoms with E-state index < -0.39 is 11.0 Å². The van der Waals surface area contributed by atoms with E-state index in [0.29, 0.717) is 6.54 Å². The minimum absolute atomic E-state index is 0.0138. The summed E-state index contributed by atoms with van der Waals surface area (Å²) < 4.78 is 5.46. The van der Waals surface area contributed by atoms with Crippen LogP contribution in [0.25, 0.3) is 0 Å². The zero-order valence-electron chi connectivity index (χ0n) is 11.4. The van der Waals surface area contributed by atoms with E-state index in [1.807, 2.05) is 0 Å². The Morgan fingerprint density at radius 1 is 1.57 bits per heavy atom. The molecule has 0 aliphatic carbocycles. The lowest BCUT2D eigenvalue weighted by atomic mass is 10.1. The van der Waals surface area contributed by atoms with E-state index in [4.69, 9.17) is 21.4 Å². The molecule has 2 rings (SSSR count). The molecule has 0 radical (unpaired) electrons. The third-order valence-corrected chi connectivity index (χ3v) is 3.53. The average molecular weight is 315 g/mol. The van der Waals surface area contributed by atoms with E-state index in [1.165, 1.54) is 23.1 Å². The van der Waals surface area contributed by atoms with Crippen LogP contribution in [0.3, 0.4) is 0 Å².